The lowest BCUT2D eigenvalue weighted by Gasteiger charge is -2.06. The first kappa shape index (κ1) is 20.0. The number of fused-ring (bicyclic) bond motifs is 1. The number of ether oxygens (including phenoxy) is 2. The lowest BCUT2D eigenvalue weighted by atomic mass is 10.1. The molecule has 1 N–H and O–H groups in total. The van der Waals surface area contributed by atoms with E-state index in [-0.39, 0.29) is 30.7 Å². The number of aromatic amines is 1. The fourth-order valence-electron chi connectivity index (χ4n) is 3.25. The molecule has 0 aliphatic carbocycles. The van der Waals surface area contributed by atoms with Crippen molar-refractivity contribution >= 4 is 39.4 Å². The Morgan fingerprint density at radius 1 is 1.30 bits per heavy atom. The summed E-state index contributed by atoms with van der Waals surface area (Å²) in [5.41, 5.74) is 1.83. The molecular formula is C21H19N3O5S. The molecule has 0 unspecified atom stereocenters. The van der Waals surface area contributed by atoms with Crippen LogP contribution in [-0.2, 0) is 16.1 Å². The van der Waals surface area contributed by atoms with Gasteiger partial charge in [-0.25, -0.2) is 0 Å². The van der Waals surface area contributed by atoms with E-state index in [9.17, 15) is 14.9 Å². The van der Waals surface area contributed by atoms with Crippen molar-refractivity contribution in [3.63, 3.8) is 0 Å². The van der Waals surface area contributed by atoms with Crippen LogP contribution in [0.2, 0.25) is 0 Å². The SMILES string of the molecule is COC(=O)C[C@@H]1CSC(c2cc3cc(COc4ccccc4)cc([N+](=O)[O-])c3[nH]2)=N1. The van der Waals surface area contributed by atoms with Gasteiger partial charge in [0, 0.05) is 17.2 Å². The molecule has 30 heavy (non-hydrogen) atoms. The second kappa shape index (κ2) is 8.58. The van der Waals surface area contributed by atoms with Gasteiger partial charge in [0.1, 0.15) is 22.9 Å². The van der Waals surface area contributed by atoms with E-state index >= 15 is 0 Å². The first-order valence-corrected chi connectivity index (χ1v) is 10.3. The Kier molecular flexibility index (Phi) is 5.71. The normalized spacial score (nSPS) is 15.8. The van der Waals surface area contributed by atoms with Gasteiger partial charge in [0.25, 0.3) is 5.69 Å². The predicted octanol–water partition coefficient (Wildman–Crippen LogP) is 4.08. The van der Waals surface area contributed by atoms with Crippen LogP contribution < -0.4 is 4.74 Å². The lowest BCUT2D eigenvalue weighted by Crippen LogP contribution is -2.12. The van der Waals surface area contributed by atoms with Crippen molar-refractivity contribution < 1.29 is 19.2 Å². The van der Waals surface area contributed by atoms with Gasteiger partial charge in [-0.1, -0.05) is 18.2 Å². The minimum atomic E-state index is -0.404. The number of aliphatic imine (C=N–C) groups is 1. The average Bonchev–Trinajstić information content (AvgIpc) is 3.38. The Balaban J connectivity index is 1.61. The minimum absolute atomic E-state index is 0.0138. The zero-order valence-electron chi connectivity index (χ0n) is 16.2. The summed E-state index contributed by atoms with van der Waals surface area (Å²) < 4.78 is 10.4. The monoisotopic (exact) mass is 425 g/mol. The van der Waals surface area contributed by atoms with E-state index < -0.39 is 4.92 Å². The molecule has 0 radical (unpaired) electrons. The number of H-pyrrole nitrogens is 1. The van der Waals surface area contributed by atoms with Gasteiger partial charge >= 0.3 is 5.97 Å². The van der Waals surface area contributed by atoms with E-state index in [1.54, 1.807) is 0 Å². The topological polar surface area (TPSA) is 107 Å². The van der Waals surface area contributed by atoms with Gasteiger partial charge in [-0.2, -0.15) is 0 Å². The third kappa shape index (κ3) is 4.30. The molecule has 4 rings (SSSR count). The van der Waals surface area contributed by atoms with E-state index in [1.807, 2.05) is 42.5 Å². The molecule has 0 amide bonds. The number of aromatic nitrogens is 1. The third-order valence-electron chi connectivity index (χ3n) is 4.69. The largest absolute Gasteiger partial charge is 0.489 e. The molecule has 2 aromatic carbocycles. The maximum absolute atomic E-state index is 11.6. The summed E-state index contributed by atoms with van der Waals surface area (Å²) in [5, 5.41) is 13.1. The number of benzene rings is 2. The summed E-state index contributed by atoms with van der Waals surface area (Å²) in [6.07, 6.45) is 0.217. The summed E-state index contributed by atoms with van der Waals surface area (Å²) in [4.78, 5) is 30.4. The highest BCUT2D eigenvalue weighted by Gasteiger charge is 2.25. The number of para-hydroxylation sites is 1. The molecule has 0 bridgehead atoms. The van der Waals surface area contributed by atoms with Gasteiger partial charge in [-0.15, -0.1) is 11.8 Å². The molecular weight excluding hydrogens is 406 g/mol. The fourth-order valence-corrected chi connectivity index (χ4v) is 4.29. The van der Waals surface area contributed by atoms with E-state index in [1.165, 1.54) is 24.9 Å². The van der Waals surface area contributed by atoms with Crippen LogP contribution in [0.5, 0.6) is 5.75 Å². The number of non-ortho nitro benzene ring substituents is 1. The average molecular weight is 425 g/mol. The number of nitrogens with one attached hydrogen (secondary N) is 1. The number of nitro groups is 1. The number of methoxy groups -OCH3 is 1. The van der Waals surface area contributed by atoms with Gasteiger partial charge < -0.3 is 14.5 Å². The summed E-state index contributed by atoms with van der Waals surface area (Å²) in [6, 6.07) is 14.4. The van der Waals surface area contributed by atoms with Crippen LogP contribution in [0.3, 0.4) is 0 Å². The number of hydrogen-bond donors (Lipinski definition) is 1. The number of carbonyl (C=O) groups is 1. The van der Waals surface area contributed by atoms with Gasteiger partial charge in [-0.3, -0.25) is 19.9 Å². The molecule has 2 heterocycles. The minimum Gasteiger partial charge on any atom is -0.489 e. The van der Waals surface area contributed by atoms with Crippen molar-refractivity contribution in [2.75, 3.05) is 12.9 Å². The Morgan fingerprint density at radius 3 is 2.83 bits per heavy atom. The zero-order valence-corrected chi connectivity index (χ0v) is 17.0. The molecule has 9 heteroatoms. The first-order valence-electron chi connectivity index (χ1n) is 9.29. The van der Waals surface area contributed by atoms with Crippen molar-refractivity contribution in [3.8, 4) is 5.75 Å². The number of nitrogens with zero attached hydrogens (tertiary/aromatic N) is 2. The number of thioether (sulfide) groups is 1. The lowest BCUT2D eigenvalue weighted by molar-refractivity contribution is -0.383. The molecule has 3 aromatic rings. The molecule has 1 atom stereocenters. The van der Waals surface area contributed by atoms with Crippen molar-refractivity contribution in [3.05, 3.63) is 69.9 Å². The molecule has 1 aliphatic rings. The standard InChI is InChI=1S/C21H19N3O5S/c1-28-19(25)10-15-12-30-21(22-15)17-9-14-7-13(8-18(24(26)27)20(14)23-17)11-29-16-5-3-2-4-6-16/h2-9,15,23H,10-12H2,1H3/t15-/m1/s1. The van der Waals surface area contributed by atoms with Crippen LogP contribution >= 0.6 is 11.8 Å². The van der Waals surface area contributed by atoms with Crippen LogP contribution in [0.4, 0.5) is 5.69 Å². The first-order chi connectivity index (χ1) is 14.5. The zero-order chi connectivity index (χ0) is 21.1. The van der Waals surface area contributed by atoms with E-state index in [4.69, 9.17) is 9.47 Å². The van der Waals surface area contributed by atoms with Crippen LogP contribution in [0, 0.1) is 10.1 Å². The van der Waals surface area contributed by atoms with Crippen molar-refractivity contribution in [1.29, 1.82) is 0 Å². The van der Waals surface area contributed by atoms with Gasteiger partial charge in [0.05, 0.1) is 30.2 Å². The highest BCUT2D eigenvalue weighted by Crippen LogP contribution is 2.32. The smallest absolute Gasteiger partial charge is 0.307 e. The molecule has 0 spiro atoms. The Hall–Kier alpha value is -3.33. The molecule has 0 saturated carbocycles. The summed E-state index contributed by atoms with van der Waals surface area (Å²) >= 11 is 1.51. The van der Waals surface area contributed by atoms with E-state index in [2.05, 4.69) is 9.98 Å². The molecule has 154 valence electrons. The molecule has 0 fully saturated rings. The van der Waals surface area contributed by atoms with Crippen LogP contribution in [-0.4, -0.2) is 39.8 Å². The van der Waals surface area contributed by atoms with E-state index in [0.29, 0.717) is 33.7 Å². The Labute approximate surface area is 176 Å². The van der Waals surface area contributed by atoms with Gasteiger partial charge in [0.15, 0.2) is 0 Å². The van der Waals surface area contributed by atoms with Crippen molar-refractivity contribution in [2.24, 2.45) is 4.99 Å². The second-order valence-corrected chi connectivity index (χ2v) is 7.81. The molecule has 1 aliphatic heterocycles. The number of nitro benzene ring substituents is 1. The van der Waals surface area contributed by atoms with Crippen LogP contribution in [0.25, 0.3) is 10.9 Å². The molecule has 1 aromatic heterocycles. The summed E-state index contributed by atoms with van der Waals surface area (Å²) in [5.74, 6) is 1.06. The quantitative estimate of drug-likeness (QED) is 0.347. The maximum atomic E-state index is 11.6. The number of hydrogen-bond acceptors (Lipinski definition) is 7. The highest BCUT2D eigenvalue weighted by molar-refractivity contribution is 8.14. The van der Waals surface area contributed by atoms with E-state index in [0.717, 1.165) is 5.04 Å². The van der Waals surface area contributed by atoms with Gasteiger partial charge in [0.2, 0.25) is 0 Å². The predicted molar refractivity (Wildman–Crippen MR) is 115 cm³/mol. The summed E-state index contributed by atoms with van der Waals surface area (Å²) in [6.45, 7) is 0.220. The highest BCUT2D eigenvalue weighted by atomic mass is 32.2. The maximum Gasteiger partial charge on any atom is 0.307 e. The second-order valence-electron chi connectivity index (χ2n) is 6.80. The van der Waals surface area contributed by atoms with Crippen LogP contribution in [0.15, 0.2) is 53.5 Å². The molecule has 0 saturated heterocycles. The number of rotatable bonds is 7. The van der Waals surface area contributed by atoms with Crippen molar-refractivity contribution in [2.45, 2.75) is 19.1 Å². The summed E-state index contributed by atoms with van der Waals surface area (Å²) in [7, 11) is 1.35. The molecule has 8 nitrogen and oxygen atoms in total. The fraction of sp³-hybridized carbons (Fsp3) is 0.238. The van der Waals surface area contributed by atoms with Crippen molar-refractivity contribution in [1.82, 2.24) is 4.98 Å². The third-order valence-corrected chi connectivity index (χ3v) is 5.84. The number of carbonyl (C=O) groups excluding carboxylic acids is 1. The Morgan fingerprint density at radius 2 is 2.10 bits per heavy atom. The number of esters is 1. The Bertz CT molecular complexity index is 1130. The van der Waals surface area contributed by atoms with Gasteiger partial charge in [-0.05, 0) is 29.8 Å². The van der Waals surface area contributed by atoms with Crippen LogP contribution in [0.1, 0.15) is 17.7 Å².